The van der Waals surface area contributed by atoms with Crippen molar-refractivity contribution in [3.63, 3.8) is 0 Å². The number of carbonyl (C=O) groups is 1. The lowest BCUT2D eigenvalue weighted by atomic mass is 10.0. The average molecular weight is 218 g/mol. The highest BCUT2D eigenvalue weighted by Gasteiger charge is 2.06. The lowest BCUT2D eigenvalue weighted by Gasteiger charge is -2.04. The fraction of sp³-hybridized carbons (Fsp3) is 0.250. The molecule has 16 heavy (non-hydrogen) atoms. The summed E-state index contributed by atoms with van der Waals surface area (Å²) in [6.07, 6.45) is 1.01. The Bertz CT molecular complexity index is 438. The standard InChI is InChI=1S/C12H14N2O2/c1-8(13)5-6-11(14)9-3-2-4-10(7-9)12(15)16/h2-4,7,13-14H,5-6H2,1H3,(H,15,16). The summed E-state index contributed by atoms with van der Waals surface area (Å²) in [6.45, 7) is 1.70. The molecular formula is C12H14N2O2. The molecule has 0 aliphatic carbocycles. The molecule has 0 unspecified atom stereocenters. The lowest BCUT2D eigenvalue weighted by molar-refractivity contribution is 0.0697. The third-order valence-corrected chi connectivity index (χ3v) is 2.21. The molecule has 1 aromatic carbocycles. The van der Waals surface area contributed by atoms with Crippen molar-refractivity contribution in [2.45, 2.75) is 19.8 Å². The Morgan fingerprint density at radius 2 is 1.88 bits per heavy atom. The van der Waals surface area contributed by atoms with Gasteiger partial charge in [0.05, 0.1) is 5.56 Å². The molecule has 4 heteroatoms. The Morgan fingerprint density at radius 3 is 2.44 bits per heavy atom. The van der Waals surface area contributed by atoms with Gasteiger partial charge in [-0.05, 0) is 37.5 Å². The predicted octanol–water partition coefficient (Wildman–Crippen LogP) is 2.57. The molecule has 0 saturated heterocycles. The first kappa shape index (κ1) is 12.1. The van der Waals surface area contributed by atoms with Crippen molar-refractivity contribution in [3.05, 3.63) is 35.4 Å². The Morgan fingerprint density at radius 1 is 1.25 bits per heavy atom. The molecule has 0 saturated carbocycles. The zero-order valence-electron chi connectivity index (χ0n) is 9.08. The maximum absolute atomic E-state index is 10.7. The van der Waals surface area contributed by atoms with Crippen LogP contribution in [-0.4, -0.2) is 22.5 Å². The van der Waals surface area contributed by atoms with Crippen LogP contribution in [0.15, 0.2) is 24.3 Å². The van der Waals surface area contributed by atoms with Crippen LogP contribution in [0, 0.1) is 10.8 Å². The van der Waals surface area contributed by atoms with Crippen molar-refractivity contribution in [1.82, 2.24) is 0 Å². The molecule has 1 rings (SSSR count). The summed E-state index contributed by atoms with van der Waals surface area (Å²) in [5.41, 5.74) is 1.70. The number of hydrogen-bond acceptors (Lipinski definition) is 3. The van der Waals surface area contributed by atoms with Gasteiger partial charge in [-0.2, -0.15) is 0 Å². The topological polar surface area (TPSA) is 85.0 Å². The van der Waals surface area contributed by atoms with Gasteiger partial charge in [0.2, 0.25) is 0 Å². The van der Waals surface area contributed by atoms with E-state index in [1.807, 2.05) is 0 Å². The van der Waals surface area contributed by atoms with E-state index in [9.17, 15) is 4.79 Å². The van der Waals surface area contributed by atoms with E-state index in [1.54, 1.807) is 19.1 Å². The maximum atomic E-state index is 10.7. The highest BCUT2D eigenvalue weighted by molar-refractivity contribution is 6.01. The van der Waals surface area contributed by atoms with Crippen molar-refractivity contribution in [1.29, 1.82) is 10.8 Å². The second-order valence-electron chi connectivity index (χ2n) is 3.64. The van der Waals surface area contributed by atoms with E-state index in [-0.39, 0.29) is 5.56 Å². The summed E-state index contributed by atoms with van der Waals surface area (Å²) < 4.78 is 0. The summed E-state index contributed by atoms with van der Waals surface area (Å²) in [5, 5.41) is 23.8. The summed E-state index contributed by atoms with van der Waals surface area (Å²) in [5.74, 6) is -0.988. The second kappa shape index (κ2) is 5.21. The fourth-order valence-corrected chi connectivity index (χ4v) is 1.30. The van der Waals surface area contributed by atoms with Gasteiger partial charge < -0.3 is 15.9 Å². The van der Waals surface area contributed by atoms with E-state index in [1.165, 1.54) is 12.1 Å². The van der Waals surface area contributed by atoms with Crippen LogP contribution >= 0.6 is 0 Å². The number of benzene rings is 1. The van der Waals surface area contributed by atoms with Gasteiger partial charge in [0.15, 0.2) is 0 Å². The normalized spacial score (nSPS) is 9.81. The van der Waals surface area contributed by atoms with Crippen LogP contribution in [0.5, 0.6) is 0 Å². The molecule has 0 fully saturated rings. The van der Waals surface area contributed by atoms with Crippen LogP contribution in [0.4, 0.5) is 0 Å². The Labute approximate surface area is 93.9 Å². The van der Waals surface area contributed by atoms with Crippen molar-refractivity contribution < 1.29 is 9.90 Å². The van der Waals surface area contributed by atoms with Gasteiger partial charge in [-0.1, -0.05) is 12.1 Å². The summed E-state index contributed by atoms with van der Waals surface area (Å²) in [4.78, 5) is 10.7. The second-order valence-corrected chi connectivity index (χ2v) is 3.64. The molecule has 4 nitrogen and oxygen atoms in total. The summed E-state index contributed by atoms with van der Waals surface area (Å²) in [7, 11) is 0. The van der Waals surface area contributed by atoms with E-state index in [0.717, 1.165) is 0 Å². The molecule has 84 valence electrons. The molecule has 0 aliphatic rings. The molecule has 0 heterocycles. The average Bonchev–Trinajstić information content (AvgIpc) is 2.26. The molecule has 0 amide bonds. The fourth-order valence-electron chi connectivity index (χ4n) is 1.30. The van der Waals surface area contributed by atoms with E-state index >= 15 is 0 Å². The van der Waals surface area contributed by atoms with Crippen molar-refractivity contribution in [2.24, 2.45) is 0 Å². The number of carboxylic acids is 1. The lowest BCUT2D eigenvalue weighted by Crippen LogP contribution is -2.04. The van der Waals surface area contributed by atoms with E-state index < -0.39 is 5.97 Å². The first-order valence-corrected chi connectivity index (χ1v) is 4.96. The minimum atomic E-state index is -0.988. The Hall–Kier alpha value is -1.97. The summed E-state index contributed by atoms with van der Waals surface area (Å²) in [6, 6.07) is 6.34. The number of carboxylic acid groups (broad SMARTS) is 1. The van der Waals surface area contributed by atoms with Crippen LogP contribution in [0.2, 0.25) is 0 Å². The number of hydrogen-bond donors (Lipinski definition) is 3. The smallest absolute Gasteiger partial charge is 0.335 e. The van der Waals surface area contributed by atoms with Gasteiger partial charge in [0.1, 0.15) is 0 Å². The third kappa shape index (κ3) is 3.31. The van der Waals surface area contributed by atoms with Crippen molar-refractivity contribution in [2.75, 3.05) is 0 Å². The molecule has 0 atom stereocenters. The van der Waals surface area contributed by atoms with Crippen LogP contribution in [0.1, 0.15) is 35.7 Å². The molecule has 0 bridgehead atoms. The van der Waals surface area contributed by atoms with Crippen LogP contribution in [0.25, 0.3) is 0 Å². The molecule has 0 spiro atoms. The predicted molar refractivity (Wildman–Crippen MR) is 62.9 cm³/mol. The summed E-state index contributed by atoms with van der Waals surface area (Å²) >= 11 is 0. The van der Waals surface area contributed by atoms with Crippen LogP contribution in [-0.2, 0) is 0 Å². The molecule has 0 aromatic heterocycles. The monoisotopic (exact) mass is 218 g/mol. The highest BCUT2D eigenvalue weighted by atomic mass is 16.4. The molecular weight excluding hydrogens is 204 g/mol. The van der Waals surface area contributed by atoms with Crippen molar-refractivity contribution >= 4 is 17.4 Å². The first-order chi connectivity index (χ1) is 7.50. The molecule has 1 aromatic rings. The first-order valence-electron chi connectivity index (χ1n) is 4.96. The third-order valence-electron chi connectivity index (χ3n) is 2.21. The number of rotatable bonds is 5. The van der Waals surface area contributed by atoms with Gasteiger partial charge in [0, 0.05) is 11.4 Å². The van der Waals surface area contributed by atoms with Gasteiger partial charge in [-0.3, -0.25) is 0 Å². The van der Waals surface area contributed by atoms with Crippen molar-refractivity contribution in [3.8, 4) is 0 Å². The quantitative estimate of drug-likeness (QED) is 0.663. The minimum absolute atomic E-state index is 0.189. The van der Waals surface area contributed by atoms with Gasteiger partial charge in [-0.15, -0.1) is 0 Å². The van der Waals surface area contributed by atoms with Gasteiger partial charge >= 0.3 is 5.97 Å². The SMILES string of the molecule is CC(=N)CCC(=N)c1cccc(C(=O)O)c1. The highest BCUT2D eigenvalue weighted by Crippen LogP contribution is 2.09. The number of aromatic carboxylic acids is 1. The number of nitrogens with one attached hydrogen (secondary N) is 2. The zero-order chi connectivity index (χ0) is 12.1. The Kier molecular flexibility index (Phi) is 3.94. The molecule has 3 N–H and O–H groups in total. The molecule has 0 radical (unpaired) electrons. The van der Waals surface area contributed by atoms with Crippen LogP contribution in [0.3, 0.4) is 0 Å². The van der Waals surface area contributed by atoms with E-state index in [2.05, 4.69) is 0 Å². The Balaban J connectivity index is 2.79. The van der Waals surface area contributed by atoms with Gasteiger partial charge in [0.25, 0.3) is 0 Å². The van der Waals surface area contributed by atoms with Crippen LogP contribution < -0.4 is 0 Å². The van der Waals surface area contributed by atoms with E-state index in [4.69, 9.17) is 15.9 Å². The van der Waals surface area contributed by atoms with E-state index in [0.29, 0.717) is 29.8 Å². The molecule has 0 aliphatic heterocycles. The minimum Gasteiger partial charge on any atom is -0.478 e. The zero-order valence-corrected chi connectivity index (χ0v) is 9.08. The maximum Gasteiger partial charge on any atom is 0.335 e. The van der Waals surface area contributed by atoms with Gasteiger partial charge in [-0.25, -0.2) is 4.79 Å². The largest absolute Gasteiger partial charge is 0.478 e.